The lowest BCUT2D eigenvalue weighted by Gasteiger charge is -2.41. The largest absolute Gasteiger partial charge is 0.355 e. The molecule has 2 atom stereocenters. The normalized spacial score (nSPS) is 21.2. The molecule has 2 amide bonds. The van der Waals surface area contributed by atoms with Crippen molar-refractivity contribution in [2.24, 2.45) is 0 Å². The molecule has 1 aromatic heterocycles. The Morgan fingerprint density at radius 2 is 1.96 bits per heavy atom. The van der Waals surface area contributed by atoms with E-state index in [9.17, 15) is 14.0 Å². The molecule has 0 saturated carbocycles. The minimum atomic E-state index is -0.551. The number of likely N-dealkylation sites (N-methyl/N-ethyl adjacent to an activating group) is 1. The number of rotatable bonds is 2. The molecule has 1 saturated heterocycles. The third-order valence-corrected chi connectivity index (χ3v) is 4.41. The predicted octanol–water partition coefficient (Wildman–Crippen LogP) is 2.17. The molecule has 1 aliphatic heterocycles. The van der Waals surface area contributed by atoms with Gasteiger partial charge in [0.1, 0.15) is 11.9 Å². The zero-order valence-corrected chi connectivity index (χ0v) is 13.7. The van der Waals surface area contributed by atoms with Gasteiger partial charge >= 0.3 is 0 Å². The Morgan fingerprint density at radius 1 is 1.29 bits per heavy atom. The number of nitrogens with zero attached hydrogens (tertiary/aromatic N) is 3. The Kier molecular flexibility index (Phi) is 4.09. The van der Waals surface area contributed by atoms with E-state index in [1.165, 1.54) is 23.1 Å². The first-order valence-electron chi connectivity index (χ1n) is 7.68. The van der Waals surface area contributed by atoms with E-state index in [1.54, 1.807) is 31.0 Å². The average molecular weight is 331 g/mol. The van der Waals surface area contributed by atoms with Gasteiger partial charge in [-0.1, -0.05) is 5.16 Å². The molecule has 6 nitrogen and oxygen atoms in total. The minimum absolute atomic E-state index is 0.0684. The fourth-order valence-electron chi connectivity index (χ4n) is 2.74. The van der Waals surface area contributed by atoms with Gasteiger partial charge in [0.15, 0.2) is 11.5 Å². The maximum atomic E-state index is 13.0. The second kappa shape index (κ2) is 6.07. The SMILES string of the molecule is CC1CN(C(=O)c2cc(-c3ccc(F)cc3)on2)C(C)C(=O)N1C. The van der Waals surface area contributed by atoms with Crippen LogP contribution in [0.4, 0.5) is 4.39 Å². The topological polar surface area (TPSA) is 66.7 Å². The maximum Gasteiger partial charge on any atom is 0.276 e. The number of carbonyl (C=O) groups is 2. The van der Waals surface area contributed by atoms with Gasteiger partial charge in [0.25, 0.3) is 5.91 Å². The zero-order chi connectivity index (χ0) is 17.4. The number of benzene rings is 1. The van der Waals surface area contributed by atoms with Crippen molar-refractivity contribution in [2.45, 2.75) is 25.9 Å². The standard InChI is InChI=1S/C17H18FN3O3/c1-10-9-21(11(2)16(22)20(10)3)17(23)14-8-15(24-19-14)12-4-6-13(18)7-5-12/h4-8,10-11H,9H2,1-3H3. The number of amides is 2. The highest BCUT2D eigenvalue weighted by Gasteiger charge is 2.37. The smallest absolute Gasteiger partial charge is 0.276 e. The third-order valence-electron chi connectivity index (χ3n) is 4.41. The molecule has 1 fully saturated rings. The van der Waals surface area contributed by atoms with Crippen LogP contribution in [-0.2, 0) is 4.79 Å². The molecule has 3 rings (SSSR count). The predicted molar refractivity (Wildman–Crippen MR) is 84.6 cm³/mol. The van der Waals surface area contributed by atoms with Crippen LogP contribution in [0.25, 0.3) is 11.3 Å². The van der Waals surface area contributed by atoms with E-state index in [0.29, 0.717) is 17.9 Å². The van der Waals surface area contributed by atoms with Gasteiger partial charge in [0.05, 0.1) is 0 Å². The second-order valence-electron chi connectivity index (χ2n) is 6.01. The Balaban J connectivity index is 1.83. The highest BCUT2D eigenvalue weighted by Crippen LogP contribution is 2.23. The molecule has 1 aliphatic rings. The second-order valence-corrected chi connectivity index (χ2v) is 6.01. The van der Waals surface area contributed by atoms with E-state index in [1.807, 2.05) is 6.92 Å². The van der Waals surface area contributed by atoms with Crippen molar-refractivity contribution in [3.8, 4) is 11.3 Å². The van der Waals surface area contributed by atoms with Crippen molar-refractivity contribution in [3.63, 3.8) is 0 Å². The van der Waals surface area contributed by atoms with E-state index in [-0.39, 0.29) is 29.4 Å². The first-order valence-corrected chi connectivity index (χ1v) is 7.68. The van der Waals surface area contributed by atoms with Crippen LogP contribution in [0.15, 0.2) is 34.9 Å². The van der Waals surface area contributed by atoms with Crippen molar-refractivity contribution in [1.82, 2.24) is 15.0 Å². The summed E-state index contributed by atoms with van der Waals surface area (Å²) < 4.78 is 18.2. The molecule has 2 unspecified atom stereocenters. The van der Waals surface area contributed by atoms with Gasteiger partial charge in [-0.05, 0) is 38.1 Å². The fraction of sp³-hybridized carbons (Fsp3) is 0.353. The summed E-state index contributed by atoms with van der Waals surface area (Å²) in [4.78, 5) is 28.0. The van der Waals surface area contributed by atoms with Crippen LogP contribution in [0.1, 0.15) is 24.3 Å². The number of hydrogen-bond acceptors (Lipinski definition) is 4. The lowest BCUT2D eigenvalue weighted by Crippen LogP contribution is -2.60. The molecular formula is C17H18FN3O3. The number of piperazine rings is 1. The van der Waals surface area contributed by atoms with Crippen LogP contribution in [0, 0.1) is 5.82 Å². The van der Waals surface area contributed by atoms with Gasteiger partial charge in [-0.3, -0.25) is 9.59 Å². The lowest BCUT2D eigenvalue weighted by atomic mass is 10.1. The lowest BCUT2D eigenvalue weighted by molar-refractivity contribution is -0.140. The van der Waals surface area contributed by atoms with E-state index in [0.717, 1.165) is 0 Å². The van der Waals surface area contributed by atoms with E-state index in [2.05, 4.69) is 5.16 Å². The Labute approximate surface area is 138 Å². The van der Waals surface area contributed by atoms with Gasteiger partial charge in [-0.25, -0.2) is 4.39 Å². The van der Waals surface area contributed by atoms with E-state index >= 15 is 0 Å². The van der Waals surface area contributed by atoms with Crippen LogP contribution in [-0.4, -0.2) is 52.4 Å². The molecule has 0 radical (unpaired) electrons. The van der Waals surface area contributed by atoms with Gasteiger partial charge in [-0.15, -0.1) is 0 Å². The summed E-state index contributed by atoms with van der Waals surface area (Å²) in [5.41, 5.74) is 0.754. The van der Waals surface area contributed by atoms with E-state index in [4.69, 9.17) is 4.52 Å². The molecule has 126 valence electrons. The van der Waals surface area contributed by atoms with Crippen LogP contribution in [0.5, 0.6) is 0 Å². The van der Waals surface area contributed by atoms with E-state index < -0.39 is 6.04 Å². The van der Waals surface area contributed by atoms with Crippen molar-refractivity contribution < 1.29 is 18.5 Å². The van der Waals surface area contributed by atoms with Gasteiger partial charge in [0.2, 0.25) is 5.91 Å². The van der Waals surface area contributed by atoms with Crippen LogP contribution >= 0.6 is 0 Å². The molecule has 0 aliphatic carbocycles. The van der Waals surface area contributed by atoms with Crippen molar-refractivity contribution in [1.29, 1.82) is 0 Å². The summed E-state index contributed by atoms with van der Waals surface area (Å²) in [7, 11) is 1.73. The Bertz CT molecular complexity index is 772. The van der Waals surface area contributed by atoms with Gasteiger partial charge in [0, 0.05) is 31.3 Å². The highest BCUT2D eigenvalue weighted by molar-refractivity contribution is 5.97. The first-order chi connectivity index (χ1) is 11.4. The molecule has 0 bridgehead atoms. The Hall–Kier alpha value is -2.70. The first kappa shape index (κ1) is 16.2. The highest BCUT2D eigenvalue weighted by atomic mass is 19.1. The van der Waals surface area contributed by atoms with Crippen LogP contribution < -0.4 is 0 Å². The monoisotopic (exact) mass is 331 g/mol. The summed E-state index contributed by atoms with van der Waals surface area (Å²) in [6.07, 6.45) is 0. The fourth-order valence-corrected chi connectivity index (χ4v) is 2.74. The molecule has 2 aromatic rings. The quantitative estimate of drug-likeness (QED) is 0.846. The maximum absolute atomic E-state index is 13.0. The minimum Gasteiger partial charge on any atom is -0.355 e. The third kappa shape index (κ3) is 2.77. The summed E-state index contributed by atoms with van der Waals surface area (Å²) in [5, 5.41) is 3.81. The van der Waals surface area contributed by atoms with Crippen LogP contribution in [0.3, 0.4) is 0 Å². The molecule has 7 heteroatoms. The molecule has 2 heterocycles. The number of hydrogen-bond donors (Lipinski definition) is 0. The number of halogens is 1. The van der Waals surface area contributed by atoms with Crippen LogP contribution in [0.2, 0.25) is 0 Å². The molecule has 24 heavy (non-hydrogen) atoms. The van der Waals surface area contributed by atoms with Gasteiger partial charge in [-0.2, -0.15) is 0 Å². The summed E-state index contributed by atoms with van der Waals surface area (Å²) in [6, 6.07) is 6.61. The van der Waals surface area contributed by atoms with Crippen molar-refractivity contribution in [2.75, 3.05) is 13.6 Å². The summed E-state index contributed by atoms with van der Waals surface area (Å²) in [5.74, 6) is -0.440. The Morgan fingerprint density at radius 3 is 2.62 bits per heavy atom. The van der Waals surface area contributed by atoms with Crippen molar-refractivity contribution in [3.05, 3.63) is 41.8 Å². The summed E-state index contributed by atoms with van der Waals surface area (Å²) in [6.45, 7) is 4.02. The van der Waals surface area contributed by atoms with Crippen molar-refractivity contribution >= 4 is 11.8 Å². The molecule has 0 spiro atoms. The van der Waals surface area contributed by atoms with Gasteiger partial charge < -0.3 is 14.3 Å². The number of aromatic nitrogens is 1. The molecule has 1 aromatic carbocycles. The molecular weight excluding hydrogens is 313 g/mol. The number of carbonyl (C=O) groups excluding carboxylic acids is 2. The molecule has 0 N–H and O–H groups in total. The zero-order valence-electron chi connectivity index (χ0n) is 13.7. The summed E-state index contributed by atoms with van der Waals surface area (Å²) >= 11 is 0. The average Bonchev–Trinajstić information content (AvgIpc) is 3.06.